The summed E-state index contributed by atoms with van der Waals surface area (Å²) in [5, 5.41) is 10.0. The van der Waals surface area contributed by atoms with Crippen LogP contribution in [0.1, 0.15) is 103 Å². The zero-order valence-corrected chi connectivity index (χ0v) is 22.1. The Bertz CT molecular complexity index is 1120. The van der Waals surface area contributed by atoms with Gasteiger partial charge in [-0.2, -0.15) is 0 Å². The second-order valence-corrected chi connectivity index (χ2v) is 9.70. The predicted octanol–water partition coefficient (Wildman–Crippen LogP) is 7.54. The van der Waals surface area contributed by atoms with Crippen LogP contribution in [0, 0.1) is 0 Å². The number of carbonyl (C=O) groups is 2. The molecule has 0 bridgehead atoms. The Balaban J connectivity index is 1.74. The van der Waals surface area contributed by atoms with Crippen LogP contribution in [0.2, 0.25) is 0 Å². The van der Waals surface area contributed by atoms with E-state index in [4.69, 9.17) is 4.42 Å². The van der Waals surface area contributed by atoms with Crippen LogP contribution >= 0.6 is 0 Å². The highest BCUT2D eigenvalue weighted by Gasteiger charge is 2.23. The van der Waals surface area contributed by atoms with E-state index in [2.05, 4.69) is 25.7 Å². The van der Waals surface area contributed by atoms with Crippen molar-refractivity contribution in [1.82, 2.24) is 4.90 Å². The van der Waals surface area contributed by atoms with Crippen molar-refractivity contribution in [2.75, 3.05) is 19.6 Å². The quantitative estimate of drug-likeness (QED) is 0.209. The van der Waals surface area contributed by atoms with Gasteiger partial charge in [-0.1, -0.05) is 64.3 Å². The molecule has 0 unspecified atom stereocenters. The molecule has 0 radical (unpaired) electrons. The van der Waals surface area contributed by atoms with Crippen LogP contribution in [0.5, 0.6) is 0 Å². The van der Waals surface area contributed by atoms with Gasteiger partial charge in [0.05, 0.1) is 11.1 Å². The van der Waals surface area contributed by atoms with Gasteiger partial charge < -0.3 is 14.4 Å². The van der Waals surface area contributed by atoms with E-state index < -0.39 is 5.97 Å². The summed E-state index contributed by atoms with van der Waals surface area (Å²) < 4.78 is 6.02. The number of hydrogen-bond donors (Lipinski definition) is 1. The molecule has 5 heteroatoms. The van der Waals surface area contributed by atoms with Gasteiger partial charge in [0.2, 0.25) is 0 Å². The number of furan rings is 1. The summed E-state index contributed by atoms with van der Waals surface area (Å²) in [6.07, 6.45) is 9.57. The molecule has 0 aliphatic heterocycles. The summed E-state index contributed by atoms with van der Waals surface area (Å²) in [5.74, 6) is -0.485. The fraction of sp³-hybridized carbons (Fsp3) is 0.484. The number of aryl methyl sites for hydroxylation is 2. The largest absolute Gasteiger partial charge is 0.478 e. The Labute approximate surface area is 215 Å². The van der Waals surface area contributed by atoms with Crippen LogP contribution < -0.4 is 0 Å². The zero-order chi connectivity index (χ0) is 25.9. The minimum absolute atomic E-state index is 0.112. The van der Waals surface area contributed by atoms with Gasteiger partial charge in [-0.05, 0) is 75.5 Å². The minimum atomic E-state index is -1.01. The SMILES string of the molecule is CCCCc1oc2ccc([14C](=O)O)cc2c1C(=O)c1ccc(CCCN(CCCC)CCCC)cc1. The van der Waals surface area contributed by atoms with Crippen molar-refractivity contribution in [2.45, 2.75) is 78.6 Å². The topological polar surface area (TPSA) is 70.7 Å². The molecule has 0 aliphatic rings. The van der Waals surface area contributed by atoms with Crippen molar-refractivity contribution in [3.63, 3.8) is 0 Å². The molecule has 1 N–H and O–H groups in total. The number of benzene rings is 2. The third kappa shape index (κ3) is 7.30. The average molecular weight is 494 g/mol. The normalized spacial score (nSPS) is 11.4. The van der Waals surface area contributed by atoms with Crippen molar-refractivity contribution >= 4 is 22.7 Å². The molecule has 1 heterocycles. The number of rotatable bonds is 16. The summed E-state index contributed by atoms with van der Waals surface area (Å²) in [6.45, 7) is 10.0. The number of carboxylic acid groups (broad SMARTS) is 1. The number of nitrogens with zero attached hydrogens (tertiary/aromatic N) is 1. The van der Waals surface area contributed by atoms with Crippen LogP contribution in [0.15, 0.2) is 46.9 Å². The fourth-order valence-corrected chi connectivity index (χ4v) is 4.62. The zero-order valence-electron chi connectivity index (χ0n) is 22.1. The van der Waals surface area contributed by atoms with Gasteiger partial charge in [0.25, 0.3) is 0 Å². The van der Waals surface area contributed by atoms with E-state index in [0.717, 1.165) is 32.2 Å². The Morgan fingerprint density at radius 3 is 2.11 bits per heavy atom. The van der Waals surface area contributed by atoms with E-state index >= 15 is 0 Å². The fourth-order valence-electron chi connectivity index (χ4n) is 4.62. The van der Waals surface area contributed by atoms with Crippen molar-refractivity contribution in [3.8, 4) is 0 Å². The molecule has 2 aromatic carbocycles. The van der Waals surface area contributed by atoms with Crippen LogP contribution in [-0.2, 0) is 12.8 Å². The average Bonchev–Trinajstić information content (AvgIpc) is 3.26. The lowest BCUT2D eigenvalue weighted by molar-refractivity contribution is 0.0696. The standard InChI is InChI=1S/C31H41NO4/c1-4-7-12-28-29(26-22-25(31(34)35)17-18-27(26)36-28)30(33)24-15-13-23(14-16-24)11-10-21-32(19-8-5-2)20-9-6-3/h13-18,22H,4-12,19-21H2,1-3H3,(H,34,35)/i31+2. The first-order valence-corrected chi connectivity index (χ1v) is 13.6. The first kappa shape index (κ1) is 27.7. The van der Waals surface area contributed by atoms with Crippen LogP contribution in [0.3, 0.4) is 0 Å². The molecule has 1 aromatic heterocycles. The Kier molecular flexibility index (Phi) is 10.7. The highest BCUT2D eigenvalue weighted by Crippen LogP contribution is 2.30. The molecule has 0 saturated carbocycles. The van der Waals surface area contributed by atoms with E-state index in [1.54, 1.807) is 12.1 Å². The highest BCUT2D eigenvalue weighted by molar-refractivity contribution is 6.17. The van der Waals surface area contributed by atoms with Crippen molar-refractivity contribution in [1.29, 1.82) is 0 Å². The summed E-state index contributed by atoms with van der Waals surface area (Å²) in [5.41, 5.74) is 3.04. The van der Waals surface area contributed by atoms with Crippen molar-refractivity contribution < 1.29 is 19.1 Å². The van der Waals surface area contributed by atoms with Gasteiger partial charge in [0, 0.05) is 17.4 Å². The van der Waals surface area contributed by atoms with Crippen LogP contribution in [-0.4, -0.2) is 41.4 Å². The van der Waals surface area contributed by atoms with E-state index in [9.17, 15) is 14.7 Å². The molecule has 0 spiro atoms. The van der Waals surface area contributed by atoms with E-state index in [1.165, 1.54) is 50.4 Å². The highest BCUT2D eigenvalue weighted by atomic mass is 16.6. The van der Waals surface area contributed by atoms with E-state index in [1.807, 2.05) is 24.3 Å². The third-order valence-corrected chi connectivity index (χ3v) is 6.80. The number of unbranched alkanes of at least 4 members (excludes halogenated alkanes) is 3. The molecule has 3 aromatic rings. The van der Waals surface area contributed by atoms with Crippen LogP contribution in [0.25, 0.3) is 11.0 Å². The third-order valence-electron chi connectivity index (χ3n) is 6.80. The second-order valence-electron chi connectivity index (χ2n) is 9.70. The molecular weight excluding hydrogens is 452 g/mol. The Morgan fingerprint density at radius 1 is 0.861 bits per heavy atom. The number of hydrogen-bond acceptors (Lipinski definition) is 4. The molecule has 3 rings (SSSR count). The molecule has 36 heavy (non-hydrogen) atoms. The molecule has 0 amide bonds. The summed E-state index contributed by atoms with van der Waals surface area (Å²) in [4.78, 5) is 27.7. The molecule has 0 atom stereocenters. The van der Waals surface area contributed by atoms with Gasteiger partial charge in [0.15, 0.2) is 5.78 Å². The smallest absolute Gasteiger partial charge is 0.335 e. The molecular formula is C31H41NO4. The lowest BCUT2D eigenvalue weighted by Crippen LogP contribution is -2.27. The van der Waals surface area contributed by atoms with Crippen LogP contribution in [0.4, 0.5) is 0 Å². The lowest BCUT2D eigenvalue weighted by Gasteiger charge is -2.21. The van der Waals surface area contributed by atoms with Gasteiger partial charge in [0.1, 0.15) is 11.3 Å². The monoisotopic (exact) mass is 493 g/mol. The molecule has 0 aliphatic carbocycles. The number of fused-ring (bicyclic) bond motifs is 1. The summed E-state index contributed by atoms with van der Waals surface area (Å²) >= 11 is 0. The van der Waals surface area contributed by atoms with E-state index in [0.29, 0.717) is 34.3 Å². The number of carbonyl (C=O) groups excluding carboxylic acids is 1. The molecule has 194 valence electrons. The summed E-state index contributed by atoms with van der Waals surface area (Å²) in [7, 11) is 0. The first-order chi connectivity index (χ1) is 17.5. The maximum Gasteiger partial charge on any atom is 0.335 e. The first-order valence-electron chi connectivity index (χ1n) is 13.6. The Hall–Kier alpha value is -2.92. The number of ketones is 1. The van der Waals surface area contributed by atoms with Gasteiger partial charge in [-0.25, -0.2) is 4.79 Å². The predicted molar refractivity (Wildman–Crippen MR) is 146 cm³/mol. The van der Waals surface area contributed by atoms with Gasteiger partial charge in [-0.15, -0.1) is 0 Å². The number of aromatic carboxylic acids is 1. The van der Waals surface area contributed by atoms with Crippen molar-refractivity contribution in [3.05, 3.63) is 70.5 Å². The maximum absolute atomic E-state index is 13.6. The van der Waals surface area contributed by atoms with E-state index in [-0.39, 0.29) is 11.3 Å². The minimum Gasteiger partial charge on any atom is -0.478 e. The second kappa shape index (κ2) is 14.0. The molecule has 5 nitrogen and oxygen atoms in total. The molecule has 0 saturated heterocycles. The maximum atomic E-state index is 13.6. The van der Waals surface area contributed by atoms with Gasteiger partial charge in [-0.3, -0.25) is 4.79 Å². The van der Waals surface area contributed by atoms with Gasteiger partial charge >= 0.3 is 5.97 Å². The lowest BCUT2D eigenvalue weighted by atomic mass is 9.97. The molecule has 0 fully saturated rings. The Morgan fingerprint density at radius 2 is 1.50 bits per heavy atom. The summed E-state index contributed by atoms with van der Waals surface area (Å²) in [6, 6.07) is 12.6. The van der Waals surface area contributed by atoms with Crippen molar-refractivity contribution in [2.24, 2.45) is 0 Å². The number of carboxylic acids is 1.